The first-order valence-electron chi connectivity index (χ1n) is 4.95. The molecule has 0 aromatic carbocycles. The molecular formula is C12H14O4. The van der Waals surface area contributed by atoms with E-state index in [1.807, 2.05) is 24.3 Å². The molecular weight excluding hydrogens is 208 g/mol. The van der Waals surface area contributed by atoms with E-state index in [2.05, 4.69) is 0 Å². The maximum Gasteiger partial charge on any atom is 0.305 e. The number of allylic oxidation sites excluding steroid dienone is 4. The van der Waals surface area contributed by atoms with Crippen LogP contribution in [0.5, 0.6) is 0 Å². The van der Waals surface area contributed by atoms with Crippen LogP contribution in [0.15, 0.2) is 36.5 Å². The predicted molar refractivity (Wildman–Crippen MR) is 58.2 cm³/mol. The highest BCUT2D eigenvalue weighted by Crippen LogP contribution is 2.16. The van der Waals surface area contributed by atoms with E-state index in [4.69, 9.17) is 9.47 Å². The van der Waals surface area contributed by atoms with Gasteiger partial charge in [-0.05, 0) is 0 Å². The lowest BCUT2D eigenvalue weighted by molar-refractivity contribution is -0.188. The second kappa shape index (κ2) is 5.90. The van der Waals surface area contributed by atoms with Gasteiger partial charge >= 0.3 is 11.9 Å². The van der Waals surface area contributed by atoms with Gasteiger partial charge in [0.1, 0.15) is 0 Å². The fraction of sp³-hybridized carbons (Fsp3) is 0.333. The Morgan fingerprint density at radius 1 is 0.938 bits per heavy atom. The van der Waals surface area contributed by atoms with Crippen LogP contribution in [0.25, 0.3) is 0 Å². The lowest BCUT2D eigenvalue weighted by Crippen LogP contribution is -2.28. The Bertz CT molecular complexity index is 320. The summed E-state index contributed by atoms with van der Waals surface area (Å²) >= 11 is 0. The van der Waals surface area contributed by atoms with E-state index in [-0.39, 0.29) is 5.92 Å². The summed E-state index contributed by atoms with van der Waals surface area (Å²) in [6.45, 7) is 2.55. The maximum absolute atomic E-state index is 10.9. The molecule has 0 bridgehead atoms. The molecule has 0 amide bonds. The number of carbonyl (C=O) groups excluding carboxylic acids is 2. The number of hydrogen-bond acceptors (Lipinski definition) is 4. The lowest BCUT2D eigenvalue weighted by atomic mass is 10.1. The largest absolute Gasteiger partial charge is 0.424 e. The van der Waals surface area contributed by atoms with Gasteiger partial charge in [-0.1, -0.05) is 36.5 Å². The van der Waals surface area contributed by atoms with Crippen LogP contribution in [0.3, 0.4) is 0 Å². The van der Waals surface area contributed by atoms with E-state index >= 15 is 0 Å². The van der Waals surface area contributed by atoms with E-state index in [0.29, 0.717) is 0 Å². The third-order valence-electron chi connectivity index (χ3n) is 1.88. The summed E-state index contributed by atoms with van der Waals surface area (Å²) in [5.74, 6) is -1.22. The summed E-state index contributed by atoms with van der Waals surface area (Å²) in [6.07, 6.45) is 10.0. The van der Waals surface area contributed by atoms with Gasteiger partial charge in [0.2, 0.25) is 0 Å². The molecule has 0 unspecified atom stereocenters. The molecule has 1 rings (SSSR count). The van der Waals surface area contributed by atoms with Crippen LogP contribution in [0, 0.1) is 5.92 Å². The maximum atomic E-state index is 10.9. The van der Waals surface area contributed by atoms with Crippen molar-refractivity contribution in [2.75, 3.05) is 0 Å². The summed E-state index contributed by atoms with van der Waals surface area (Å²) in [7, 11) is 0. The highest BCUT2D eigenvalue weighted by Gasteiger charge is 2.23. The van der Waals surface area contributed by atoms with Gasteiger partial charge in [0.15, 0.2) is 0 Å². The molecule has 0 saturated heterocycles. The second-order valence-electron chi connectivity index (χ2n) is 3.32. The van der Waals surface area contributed by atoms with E-state index < -0.39 is 18.2 Å². The summed E-state index contributed by atoms with van der Waals surface area (Å²) in [6, 6.07) is 0. The molecule has 0 fully saturated rings. The van der Waals surface area contributed by atoms with Crippen LogP contribution in [-0.2, 0) is 19.1 Å². The third-order valence-corrected chi connectivity index (χ3v) is 1.88. The predicted octanol–water partition coefficient (Wildman–Crippen LogP) is 1.74. The zero-order valence-corrected chi connectivity index (χ0v) is 9.25. The van der Waals surface area contributed by atoms with Crippen molar-refractivity contribution in [2.24, 2.45) is 5.92 Å². The topological polar surface area (TPSA) is 52.6 Å². The fourth-order valence-electron chi connectivity index (χ4n) is 1.27. The van der Waals surface area contributed by atoms with Crippen LogP contribution in [0.1, 0.15) is 13.8 Å². The molecule has 0 aromatic heterocycles. The minimum absolute atomic E-state index is 0.261. The van der Waals surface area contributed by atoms with Crippen molar-refractivity contribution in [1.29, 1.82) is 0 Å². The number of ether oxygens (including phenoxy) is 2. The second-order valence-corrected chi connectivity index (χ2v) is 3.32. The van der Waals surface area contributed by atoms with Crippen molar-refractivity contribution in [3.63, 3.8) is 0 Å². The molecule has 4 nitrogen and oxygen atoms in total. The molecule has 0 atom stereocenters. The summed E-state index contributed by atoms with van der Waals surface area (Å²) in [4.78, 5) is 21.8. The molecule has 1 aliphatic rings. The number of esters is 2. The van der Waals surface area contributed by atoms with Crippen LogP contribution in [0.4, 0.5) is 0 Å². The van der Waals surface area contributed by atoms with Gasteiger partial charge in [-0.15, -0.1) is 0 Å². The minimum Gasteiger partial charge on any atom is -0.424 e. The molecule has 1 aliphatic carbocycles. The van der Waals surface area contributed by atoms with Crippen molar-refractivity contribution < 1.29 is 19.1 Å². The zero-order chi connectivity index (χ0) is 12.0. The van der Waals surface area contributed by atoms with Gasteiger partial charge in [0.05, 0.1) is 5.92 Å². The van der Waals surface area contributed by atoms with Crippen molar-refractivity contribution in [2.45, 2.75) is 20.1 Å². The molecule has 0 aliphatic heterocycles. The van der Waals surface area contributed by atoms with Gasteiger partial charge < -0.3 is 9.47 Å². The van der Waals surface area contributed by atoms with Crippen LogP contribution < -0.4 is 0 Å². The fourth-order valence-corrected chi connectivity index (χ4v) is 1.27. The highest BCUT2D eigenvalue weighted by atomic mass is 16.7. The lowest BCUT2D eigenvalue weighted by Gasteiger charge is -2.20. The Balaban J connectivity index is 2.74. The number of carbonyl (C=O) groups is 2. The molecule has 0 spiro atoms. The number of rotatable bonds is 3. The average Bonchev–Trinajstić information content (AvgIpc) is 2.42. The standard InChI is InChI=1S/C12H14O4/c1-9(13)15-12(16-10(2)14)11-7-5-3-4-6-8-11/h3-8,11-12H,1-2H3. The van der Waals surface area contributed by atoms with Crippen LogP contribution >= 0.6 is 0 Å². The normalized spacial score (nSPS) is 14.9. The Hall–Kier alpha value is -1.84. The Kier molecular flexibility index (Phi) is 4.51. The quantitative estimate of drug-likeness (QED) is 0.539. The molecule has 0 heterocycles. The Labute approximate surface area is 94.2 Å². The first kappa shape index (κ1) is 12.2. The van der Waals surface area contributed by atoms with E-state index in [9.17, 15) is 9.59 Å². The smallest absolute Gasteiger partial charge is 0.305 e. The Morgan fingerprint density at radius 2 is 1.38 bits per heavy atom. The van der Waals surface area contributed by atoms with Gasteiger partial charge in [-0.3, -0.25) is 9.59 Å². The monoisotopic (exact) mass is 222 g/mol. The van der Waals surface area contributed by atoms with Crippen LogP contribution in [0.2, 0.25) is 0 Å². The SMILES string of the molecule is CC(=O)OC(OC(C)=O)C1C=CC=CC=C1. The van der Waals surface area contributed by atoms with Crippen molar-refractivity contribution in [3.05, 3.63) is 36.5 Å². The molecule has 0 N–H and O–H groups in total. The number of hydrogen-bond donors (Lipinski definition) is 0. The molecule has 16 heavy (non-hydrogen) atoms. The molecule has 4 heteroatoms. The summed E-state index contributed by atoms with van der Waals surface area (Å²) in [5.41, 5.74) is 0. The van der Waals surface area contributed by atoms with Gasteiger partial charge in [-0.2, -0.15) is 0 Å². The minimum atomic E-state index is -0.901. The van der Waals surface area contributed by atoms with Gasteiger partial charge in [0, 0.05) is 13.8 Å². The van der Waals surface area contributed by atoms with Crippen molar-refractivity contribution in [1.82, 2.24) is 0 Å². The molecule has 0 aromatic rings. The van der Waals surface area contributed by atoms with E-state index in [1.165, 1.54) is 13.8 Å². The Morgan fingerprint density at radius 3 is 1.75 bits per heavy atom. The zero-order valence-electron chi connectivity index (χ0n) is 9.25. The van der Waals surface area contributed by atoms with Crippen molar-refractivity contribution in [3.8, 4) is 0 Å². The van der Waals surface area contributed by atoms with Crippen molar-refractivity contribution >= 4 is 11.9 Å². The van der Waals surface area contributed by atoms with Gasteiger partial charge in [-0.25, -0.2) is 0 Å². The first-order chi connectivity index (χ1) is 7.59. The summed E-state index contributed by atoms with van der Waals surface area (Å²) in [5, 5.41) is 0. The van der Waals surface area contributed by atoms with Crippen LogP contribution in [-0.4, -0.2) is 18.2 Å². The van der Waals surface area contributed by atoms with E-state index in [1.54, 1.807) is 12.2 Å². The summed E-state index contributed by atoms with van der Waals surface area (Å²) < 4.78 is 9.89. The third kappa shape index (κ3) is 4.13. The molecule has 0 radical (unpaired) electrons. The van der Waals surface area contributed by atoms with E-state index in [0.717, 1.165) is 0 Å². The molecule has 86 valence electrons. The highest BCUT2D eigenvalue weighted by molar-refractivity contribution is 5.68. The molecule has 0 saturated carbocycles. The van der Waals surface area contributed by atoms with Gasteiger partial charge in [0.25, 0.3) is 6.29 Å². The average molecular weight is 222 g/mol. The first-order valence-corrected chi connectivity index (χ1v) is 4.95.